The van der Waals surface area contributed by atoms with E-state index in [2.05, 4.69) is 5.32 Å². The minimum atomic E-state index is -0.993. The van der Waals surface area contributed by atoms with Gasteiger partial charge in [-0.15, -0.1) is 23.2 Å². The fourth-order valence-electron chi connectivity index (χ4n) is 1.70. The third-order valence-electron chi connectivity index (χ3n) is 2.92. The quantitative estimate of drug-likeness (QED) is 0.517. The summed E-state index contributed by atoms with van der Waals surface area (Å²) in [6.07, 6.45) is 0.955. The molecule has 1 amide bonds. The highest BCUT2D eigenvalue weighted by molar-refractivity contribution is 6.39. The molecule has 1 aliphatic rings. The molecule has 0 radical (unpaired) electrons. The molecule has 1 aliphatic heterocycles. The van der Waals surface area contributed by atoms with Crippen LogP contribution < -0.4 is 10.2 Å². The molecule has 0 unspecified atom stereocenters. The van der Waals surface area contributed by atoms with Gasteiger partial charge in [-0.2, -0.15) is 0 Å². The average Bonchev–Trinajstić information content (AvgIpc) is 2.35. The summed E-state index contributed by atoms with van der Waals surface area (Å²) in [6, 6.07) is 0. The van der Waals surface area contributed by atoms with Crippen molar-refractivity contribution in [1.82, 2.24) is 5.32 Å². The van der Waals surface area contributed by atoms with Crippen LogP contribution >= 0.6 is 23.2 Å². The zero-order chi connectivity index (χ0) is 12.7. The first-order chi connectivity index (χ1) is 8.06. The Hall–Kier alpha value is -0.0300. The van der Waals surface area contributed by atoms with Gasteiger partial charge in [0.1, 0.15) is 18.0 Å². The van der Waals surface area contributed by atoms with Gasteiger partial charge in [-0.05, 0) is 6.92 Å². The van der Waals surface area contributed by atoms with E-state index >= 15 is 0 Å². The molecule has 2 N–H and O–H groups in total. The molecule has 1 atom stereocenters. The Kier molecular flexibility index (Phi) is 6.55. The van der Waals surface area contributed by atoms with Crippen molar-refractivity contribution >= 4 is 29.1 Å². The number of nitrogens with one attached hydrogen (secondary N) is 2. The number of carbonyl (C=O) groups is 1. The second-order valence-electron chi connectivity index (χ2n) is 4.55. The summed E-state index contributed by atoms with van der Waals surface area (Å²) >= 11 is 11.5. The number of amides is 1. The smallest absolute Gasteiger partial charge is 0.242 e. The second-order valence-corrected chi connectivity index (χ2v) is 5.65. The van der Waals surface area contributed by atoms with Crippen molar-refractivity contribution in [2.24, 2.45) is 0 Å². The summed E-state index contributed by atoms with van der Waals surface area (Å²) < 4.78 is 5.28. The Balaban J connectivity index is 2.09. The summed E-state index contributed by atoms with van der Waals surface area (Å²) in [6.45, 7) is 7.14. The highest BCUT2D eigenvalue weighted by Gasteiger charge is 2.29. The maximum Gasteiger partial charge on any atom is 0.242 e. The topological polar surface area (TPSA) is 42.8 Å². The van der Waals surface area contributed by atoms with Crippen molar-refractivity contribution in [3.63, 3.8) is 0 Å². The van der Waals surface area contributed by atoms with Crippen molar-refractivity contribution in [3.05, 3.63) is 0 Å². The molecule has 1 fully saturated rings. The SMILES string of the molecule is C[C@@](Cl)(CCl)C(=O)NCCC[NH+]1CCOCC1. The first-order valence-corrected chi connectivity index (χ1v) is 6.92. The van der Waals surface area contributed by atoms with Crippen LogP contribution in [0.2, 0.25) is 0 Å². The van der Waals surface area contributed by atoms with Gasteiger partial charge in [-0.25, -0.2) is 0 Å². The number of halogens is 2. The molecule has 0 aromatic heterocycles. The number of quaternary nitrogens is 1. The number of carbonyl (C=O) groups excluding carboxylic acids is 1. The van der Waals surface area contributed by atoms with Gasteiger partial charge in [0.05, 0.1) is 25.6 Å². The van der Waals surface area contributed by atoms with Crippen molar-refractivity contribution in [2.45, 2.75) is 18.2 Å². The molecule has 4 nitrogen and oxygen atoms in total. The van der Waals surface area contributed by atoms with Crippen molar-refractivity contribution in [1.29, 1.82) is 0 Å². The minimum absolute atomic E-state index is 0.120. The summed E-state index contributed by atoms with van der Waals surface area (Å²) in [4.78, 5) is 12.1. The summed E-state index contributed by atoms with van der Waals surface area (Å²) in [7, 11) is 0. The van der Waals surface area contributed by atoms with Crippen LogP contribution in [0.15, 0.2) is 0 Å². The van der Waals surface area contributed by atoms with Crippen LogP contribution in [-0.2, 0) is 9.53 Å². The van der Waals surface area contributed by atoms with E-state index in [1.165, 1.54) is 4.90 Å². The van der Waals surface area contributed by atoms with Crippen LogP contribution in [0.1, 0.15) is 13.3 Å². The Morgan fingerprint density at radius 3 is 2.71 bits per heavy atom. The lowest BCUT2D eigenvalue weighted by molar-refractivity contribution is -0.908. The molecule has 1 rings (SSSR count). The van der Waals surface area contributed by atoms with Crippen molar-refractivity contribution in [3.8, 4) is 0 Å². The number of ether oxygens (including phenoxy) is 1. The molecule has 6 heteroatoms. The third kappa shape index (κ3) is 5.42. The third-order valence-corrected chi connectivity index (χ3v) is 3.89. The number of alkyl halides is 2. The van der Waals surface area contributed by atoms with E-state index in [9.17, 15) is 4.79 Å². The van der Waals surface area contributed by atoms with Crippen LogP contribution in [0.25, 0.3) is 0 Å². The van der Waals surface area contributed by atoms with Gasteiger partial charge < -0.3 is 15.0 Å². The van der Waals surface area contributed by atoms with Gasteiger partial charge in [0.25, 0.3) is 0 Å². The van der Waals surface area contributed by atoms with Gasteiger partial charge >= 0.3 is 0 Å². The molecule has 0 aromatic rings. The van der Waals surface area contributed by atoms with E-state index in [-0.39, 0.29) is 11.8 Å². The van der Waals surface area contributed by atoms with Crippen LogP contribution in [0, 0.1) is 0 Å². The molecule has 0 saturated carbocycles. The number of hydrogen-bond acceptors (Lipinski definition) is 2. The fraction of sp³-hybridized carbons (Fsp3) is 0.909. The fourth-order valence-corrected chi connectivity index (χ4v) is 1.88. The van der Waals surface area contributed by atoms with E-state index in [1.54, 1.807) is 6.92 Å². The molecule has 0 aliphatic carbocycles. The molecule has 0 spiro atoms. The maximum absolute atomic E-state index is 11.6. The van der Waals surface area contributed by atoms with Gasteiger partial charge in [-0.3, -0.25) is 4.79 Å². The Morgan fingerprint density at radius 2 is 2.12 bits per heavy atom. The van der Waals surface area contributed by atoms with E-state index in [4.69, 9.17) is 27.9 Å². The first kappa shape index (κ1) is 15.0. The molecule has 0 bridgehead atoms. The van der Waals surface area contributed by atoms with Crippen molar-refractivity contribution in [2.75, 3.05) is 45.3 Å². The monoisotopic (exact) mass is 283 g/mol. The van der Waals surface area contributed by atoms with Crippen LogP contribution in [0.4, 0.5) is 0 Å². The summed E-state index contributed by atoms with van der Waals surface area (Å²) in [5.74, 6) is -0.0686. The first-order valence-electron chi connectivity index (χ1n) is 6.01. The van der Waals surface area contributed by atoms with Gasteiger partial charge in [0.2, 0.25) is 5.91 Å². The normalized spacial score (nSPS) is 20.9. The number of hydrogen-bond donors (Lipinski definition) is 2. The second kappa shape index (κ2) is 7.41. The van der Waals surface area contributed by atoms with E-state index in [1.807, 2.05) is 0 Å². The van der Waals surface area contributed by atoms with E-state index in [0.29, 0.717) is 6.54 Å². The minimum Gasteiger partial charge on any atom is -0.370 e. The van der Waals surface area contributed by atoms with E-state index in [0.717, 1.165) is 39.3 Å². The summed E-state index contributed by atoms with van der Waals surface area (Å²) in [5.41, 5.74) is 0. The predicted octanol–water partition coefficient (Wildman–Crippen LogP) is -0.356. The lowest BCUT2D eigenvalue weighted by Gasteiger charge is -2.24. The van der Waals surface area contributed by atoms with E-state index < -0.39 is 4.87 Å². The van der Waals surface area contributed by atoms with Gasteiger partial charge in [0.15, 0.2) is 0 Å². The standard InChI is InChI=1S/C11H20Cl2N2O2/c1-11(13,9-12)10(16)14-3-2-4-15-5-7-17-8-6-15/h2-9H2,1H3,(H,14,16)/p+1/t11-/m1/s1. The average molecular weight is 284 g/mol. The van der Waals surface area contributed by atoms with Gasteiger partial charge in [0, 0.05) is 13.0 Å². The predicted molar refractivity (Wildman–Crippen MR) is 69.0 cm³/mol. The molecule has 0 aromatic carbocycles. The molecule has 17 heavy (non-hydrogen) atoms. The summed E-state index contributed by atoms with van der Waals surface area (Å²) in [5, 5.41) is 2.81. The Bertz CT molecular complexity index is 244. The lowest BCUT2D eigenvalue weighted by atomic mass is 10.2. The zero-order valence-electron chi connectivity index (χ0n) is 10.2. The highest BCUT2D eigenvalue weighted by atomic mass is 35.5. The largest absolute Gasteiger partial charge is 0.370 e. The Labute approximate surface area is 113 Å². The van der Waals surface area contributed by atoms with Crippen LogP contribution in [0.3, 0.4) is 0 Å². The molecule has 1 saturated heterocycles. The molecular weight excluding hydrogens is 263 g/mol. The molecule has 100 valence electrons. The molecular formula is C11H21Cl2N2O2+. The highest BCUT2D eigenvalue weighted by Crippen LogP contribution is 2.15. The Morgan fingerprint density at radius 1 is 1.47 bits per heavy atom. The van der Waals surface area contributed by atoms with Crippen LogP contribution in [-0.4, -0.2) is 56.1 Å². The maximum atomic E-state index is 11.6. The number of morpholine rings is 1. The van der Waals surface area contributed by atoms with Gasteiger partial charge in [-0.1, -0.05) is 0 Å². The lowest BCUT2D eigenvalue weighted by Crippen LogP contribution is -3.14. The number of rotatable bonds is 6. The zero-order valence-corrected chi connectivity index (χ0v) is 11.7. The van der Waals surface area contributed by atoms with Crippen molar-refractivity contribution < 1.29 is 14.4 Å². The molecule has 1 heterocycles. The van der Waals surface area contributed by atoms with Crippen LogP contribution in [0.5, 0.6) is 0 Å².